The first kappa shape index (κ1) is 13.5. The van der Waals surface area contributed by atoms with Gasteiger partial charge in [0.2, 0.25) is 0 Å². The third-order valence-corrected chi connectivity index (χ3v) is 3.86. The van der Waals surface area contributed by atoms with E-state index in [-0.39, 0.29) is 6.04 Å². The molecule has 0 aliphatic heterocycles. The third-order valence-electron chi connectivity index (χ3n) is 2.89. The summed E-state index contributed by atoms with van der Waals surface area (Å²) in [6.45, 7) is 1.96. The number of hydrogen-bond acceptors (Lipinski definition) is 4. The van der Waals surface area contributed by atoms with Crippen LogP contribution in [0, 0.1) is 6.92 Å². The molecular weight excluding hydrogens is 318 g/mol. The molecule has 2 rings (SSSR count). The summed E-state index contributed by atoms with van der Waals surface area (Å²) in [6, 6.07) is 5.50. The first-order valence-electron chi connectivity index (χ1n) is 5.32. The molecule has 0 aliphatic carbocycles. The lowest BCUT2D eigenvalue weighted by Gasteiger charge is -2.19. The van der Waals surface area contributed by atoms with Crippen molar-refractivity contribution in [3.05, 3.63) is 44.6 Å². The number of hydrazine groups is 1. The van der Waals surface area contributed by atoms with Gasteiger partial charge in [0.25, 0.3) is 0 Å². The standard InChI is InChI=1S/C11H13BrClN5/c1-6-7(4-3-5-8(6)13)9(15-14)10-11(12)16-17-18(10)2/h3-5,9,15H,14H2,1-2H3. The second kappa shape index (κ2) is 5.36. The first-order chi connectivity index (χ1) is 8.56. The molecule has 0 spiro atoms. The van der Waals surface area contributed by atoms with Crippen molar-refractivity contribution in [3.63, 3.8) is 0 Å². The number of benzene rings is 1. The number of hydrogen-bond donors (Lipinski definition) is 2. The average molecular weight is 331 g/mol. The predicted molar refractivity (Wildman–Crippen MR) is 74.1 cm³/mol. The molecule has 1 aromatic carbocycles. The summed E-state index contributed by atoms with van der Waals surface area (Å²) in [6.07, 6.45) is 0. The number of aromatic nitrogens is 3. The van der Waals surface area contributed by atoms with Gasteiger partial charge in [-0.1, -0.05) is 28.9 Å². The molecule has 0 saturated heterocycles. The Kier molecular flexibility index (Phi) is 4.01. The molecule has 1 heterocycles. The van der Waals surface area contributed by atoms with Crippen molar-refractivity contribution < 1.29 is 0 Å². The molecule has 0 fully saturated rings. The predicted octanol–water partition coefficient (Wildman–Crippen LogP) is 2.09. The lowest BCUT2D eigenvalue weighted by atomic mass is 9.99. The van der Waals surface area contributed by atoms with Gasteiger partial charge in [0, 0.05) is 12.1 Å². The molecule has 18 heavy (non-hydrogen) atoms. The van der Waals surface area contributed by atoms with Gasteiger partial charge in [0.05, 0.1) is 11.7 Å². The number of nitrogens with two attached hydrogens (primary N) is 1. The fourth-order valence-corrected chi connectivity index (χ4v) is 2.64. The summed E-state index contributed by atoms with van der Waals surface area (Å²) in [5.41, 5.74) is 5.61. The maximum Gasteiger partial charge on any atom is 0.153 e. The third kappa shape index (κ3) is 2.29. The van der Waals surface area contributed by atoms with Gasteiger partial charge in [-0.05, 0) is 40.0 Å². The van der Waals surface area contributed by atoms with E-state index < -0.39 is 0 Å². The van der Waals surface area contributed by atoms with Crippen molar-refractivity contribution in [3.8, 4) is 0 Å². The van der Waals surface area contributed by atoms with Crippen molar-refractivity contribution in [2.75, 3.05) is 0 Å². The monoisotopic (exact) mass is 329 g/mol. The van der Waals surface area contributed by atoms with Crippen molar-refractivity contribution in [1.29, 1.82) is 0 Å². The first-order valence-corrected chi connectivity index (χ1v) is 6.49. The Morgan fingerprint density at radius 3 is 2.78 bits per heavy atom. The summed E-state index contributed by atoms with van der Waals surface area (Å²) in [5, 5.41) is 8.62. The zero-order valence-corrected chi connectivity index (χ0v) is 12.3. The van der Waals surface area contributed by atoms with E-state index in [9.17, 15) is 0 Å². The highest BCUT2D eigenvalue weighted by atomic mass is 79.9. The number of nitrogens with one attached hydrogen (secondary N) is 1. The fourth-order valence-electron chi connectivity index (χ4n) is 1.90. The maximum atomic E-state index is 6.14. The van der Waals surface area contributed by atoms with E-state index in [2.05, 4.69) is 31.7 Å². The maximum absolute atomic E-state index is 6.14. The molecule has 0 saturated carbocycles. The number of rotatable bonds is 3. The highest BCUT2D eigenvalue weighted by Gasteiger charge is 2.22. The molecule has 0 bridgehead atoms. The molecule has 2 aromatic rings. The highest BCUT2D eigenvalue weighted by molar-refractivity contribution is 9.10. The van der Waals surface area contributed by atoms with Gasteiger partial charge in [-0.15, -0.1) is 5.10 Å². The van der Waals surface area contributed by atoms with Crippen molar-refractivity contribution >= 4 is 27.5 Å². The molecule has 0 amide bonds. The summed E-state index contributed by atoms with van der Waals surface area (Å²) in [4.78, 5) is 0. The van der Waals surface area contributed by atoms with Crippen LogP contribution >= 0.6 is 27.5 Å². The van der Waals surface area contributed by atoms with Gasteiger partial charge in [-0.25, -0.2) is 10.1 Å². The minimum absolute atomic E-state index is 0.224. The Bertz CT molecular complexity index is 549. The molecule has 1 atom stereocenters. The Morgan fingerprint density at radius 2 is 2.22 bits per heavy atom. The lowest BCUT2D eigenvalue weighted by molar-refractivity contribution is 0.567. The average Bonchev–Trinajstić information content (AvgIpc) is 2.67. The van der Waals surface area contributed by atoms with E-state index in [1.54, 1.807) is 4.68 Å². The number of nitrogens with zero attached hydrogens (tertiary/aromatic N) is 3. The van der Waals surface area contributed by atoms with E-state index in [1.165, 1.54) is 0 Å². The second-order valence-electron chi connectivity index (χ2n) is 3.94. The summed E-state index contributed by atoms with van der Waals surface area (Å²) in [7, 11) is 1.82. The Morgan fingerprint density at radius 1 is 1.50 bits per heavy atom. The smallest absolute Gasteiger partial charge is 0.153 e. The molecule has 1 unspecified atom stereocenters. The molecule has 96 valence electrons. The van der Waals surface area contributed by atoms with Gasteiger partial charge < -0.3 is 0 Å². The van der Waals surface area contributed by atoms with E-state index in [0.29, 0.717) is 9.63 Å². The van der Waals surface area contributed by atoms with Crippen LogP contribution in [0.25, 0.3) is 0 Å². The molecule has 0 aliphatic rings. The van der Waals surface area contributed by atoms with E-state index in [1.807, 2.05) is 32.2 Å². The van der Waals surface area contributed by atoms with Crippen LogP contribution in [0.1, 0.15) is 22.9 Å². The van der Waals surface area contributed by atoms with Crippen LogP contribution in [0.3, 0.4) is 0 Å². The van der Waals surface area contributed by atoms with Crippen LogP contribution in [0.15, 0.2) is 22.8 Å². The summed E-state index contributed by atoms with van der Waals surface area (Å²) >= 11 is 9.51. The van der Waals surface area contributed by atoms with Crippen molar-refractivity contribution in [2.24, 2.45) is 12.9 Å². The summed E-state index contributed by atoms with van der Waals surface area (Å²) < 4.78 is 2.34. The minimum atomic E-state index is -0.224. The Hall–Kier alpha value is -0.950. The molecule has 1 aromatic heterocycles. The van der Waals surface area contributed by atoms with Crippen LogP contribution in [-0.2, 0) is 7.05 Å². The zero-order chi connectivity index (χ0) is 13.3. The number of aryl methyl sites for hydroxylation is 1. The summed E-state index contributed by atoms with van der Waals surface area (Å²) in [5.74, 6) is 5.67. The van der Waals surface area contributed by atoms with E-state index in [4.69, 9.17) is 17.4 Å². The van der Waals surface area contributed by atoms with Crippen LogP contribution in [0.2, 0.25) is 5.02 Å². The fraction of sp³-hybridized carbons (Fsp3) is 0.273. The largest absolute Gasteiger partial charge is 0.271 e. The second-order valence-corrected chi connectivity index (χ2v) is 5.10. The Balaban J connectivity index is 2.56. The SMILES string of the molecule is Cc1c(Cl)cccc1C(NN)c1c(Br)nnn1C. The van der Waals surface area contributed by atoms with Crippen LogP contribution < -0.4 is 11.3 Å². The quantitative estimate of drug-likeness (QED) is 0.668. The molecule has 5 nitrogen and oxygen atoms in total. The van der Waals surface area contributed by atoms with Crippen LogP contribution in [0.5, 0.6) is 0 Å². The van der Waals surface area contributed by atoms with E-state index in [0.717, 1.165) is 16.8 Å². The van der Waals surface area contributed by atoms with Gasteiger partial charge in [0.15, 0.2) is 4.60 Å². The van der Waals surface area contributed by atoms with Crippen LogP contribution in [0.4, 0.5) is 0 Å². The number of halogens is 2. The van der Waals surface area contributed by atoms with Crippen molar-refractivity contribution in [2.45, 2.75) is 13.0 Å². The van der Waals surface area contributed by atoms with Gasteiger partial charge >= 0.3 is 0 Å². The van der Waals surface area contributed by atoms with Crippen molar-refractivity contribution in [1.82, 2.24) is 20.4 Å². The van der Waals surface area contributed by atoms with E-state index >= 15 is 0 Å². The normalized spacial score (nSPS) is 12.7. The van der Waals surface area contributed by atoms with Crippen LogP contribution in [-0.4, -0.2) is 15.0 Å². The zero-order valence-electron chi connectivity index (χ0n) is 9.98. The minimum Gasteiger partial charge on any atom is -0.271 e. The van der Waals surface area contributed by atoms with Gasteiger partial charge in [-0.2, -0.15) is 0 Å². The molecule has 0 radical (unpaired) electrons. The Labute approximate surface area is 118 Å². The topological polar surface area (TPSA) is 68.8 Å². The lowest BCUT2D eigenvalue weighted by Crippen LogP contribution is -2.31. The molecule has 7 heteroatoms. The van der Waals surface area contributed by atoms with Gasteiger partial charge in [0.1, 0.15) is 0 Å². The van der Waals surface area contributed by atoms with Gasteiger partial charge in [-0.3, -0.25) is 5.84 Å². The molecule has 3 N–H and O–H groups in total. The highest BCUT2D eigenvalue weighted by Crippen LogP contribution is 2.30. The molecular formula is C11H13BrClN5.